The molecule has 2 N–H and O–H groups in total. The van der Waals surface area contributed by atoms with Gasteiger partial charge in [0.25, 0.3) is 5.91 Å². The molecule has 1 aliphatic heterocycles. The molecular formula is C23H27N3O3S. The number of amides is 1. The summed E-state index contributed by atoms with van der Waals surface area (Å²) in [4.78, 5) is 13.0. The van der Waals surface area contributed by atoms with Crippen molar-refractivity contribution in [1.29, 1.82) is 5.26 Å². The van der Waals surface area contributed by atoms with Gasteiger partial charge in [-0.05, 0) is 54.8 Å². The van der Waals surface area contributed by atoms with E-state index in [1.165, 1.54) is 30.5 Å². The Hall–Kier alpha value is -2.69. The van der Waals surface area contributed by atoms with Crippen molar-refractivity contribution in [2.45, 2.75) is 49.6 Å². The maximum absolute atomic E-state index is 12.7. The van der Waals surface area contributed by atoms with Crippen molar-refractivity contribution in [2.75, 3.05) is 12.3 Å². The van der Waals surface area contributed by atoms with E-state index in [0.717, 1.165) is 13.0 Å². The second-order valence-electron chi connectivity index (χ2n) is 7.49. The van der Waals surface area contributed by atoms with Gasteiger partial charge in [-0.25, -0.2) is 8.42 Å². The van der Waals surface area contributed by atoms with Gasteiger partial charge >= 0.3 is 0 Å². The molecular weight excluding hydrogens is 398 g/mol. The number of hydrogen-bond donors (Lipinski definition) is 2. The van der Waals surface area contributed by atoms with E-state index in [2.05, 4.69) is 16.7 Å². The van der Waals surface area contributed by atoms with Crippen LogP contribution in [0.4, 0.5) is 0 Å². The molecule has 1 amide bonds. The Labute approximate surface area is 178 Å². The molecule has 0 radical (unpaired) electrons. The number of hydrogen-bond acceptors (Lipinski definition) is 5. The standard InChI is InChI=1S/C23H27N3O3S/c1-2-30(28,29)20-12-10-18(11-13-20)22(14-15-24)26-23(27)19-8-6-17(7-9-19)21-5-3-4-16-25-21/h6-13,21-22,25H,2-5,14,16H2,1H3,(H,26,27). The molecule has 2 aromatic rings. The highest BCUT2D eigenvalue weighted by Gasteiger charge is 2.19. The van der Waals surface area contributed by atoms with Crippen LogP contribution < -0.4 is 10.6 Å². The third-order valence-electron chi connectivity index (χ3n) is 5.51. The molecule has 0 spiro atoms. The number of piperidine rings is 1. The summed E-state index contributed by atoms with van der Waals surface area (Å²) in [6, 6.07) is 15.8. The van der Waals surface area contributed by atoms with E-state index in [1.807, 2.05) is 12.1 Å². The average Bonchev–Trinajstić information content (AvgIpc) is 2.79. The number of carbonyl (C=O) groups excluding carboxylic acids is 1. The van der Waals surface area contributed by atoms with Gasteiger partial charge in [0.15, 0.2) is 9.84 Å². The maximum Gasteiger partial charge on any atom is 0.251 e. The number of benzene rings is 2. The van der Waals surface area contributed by atoms with Crippen molar-refractivity contribution < 1.29 is 13.2 Å². The number of rotatable bonds is 7. The molecule has 1 heterocycles. The van der Waals surface area contributed by atoms with Crippen LogP contribution in [0.2, 0.25) is 0 Å². The SMILES string of the molecule is CCS(=O)(=O)c1ccc(C(CC#N)NC(=O)c2ccc(C3CCCCN3)cc2)cc1. The summed E-state index contributed by atoms with van der Waals surface area (Å²) >= 11 is 0. The lowest BCUT2D eigenvalue weighted by molar-refractivity contribution is 0.0937. The molecule has 0 aliphatic carbocycles. The van der Waals surface area contributed by atoms with Gasteiger partial charge in [-0.15, -0.1) is 0 Å². The Morgan fingerprint density at radius 1 is 1.17 bits per heavy atom. The van der Waals surface area contributed by atoms with Crippen LogP contribution in [0.15, 0.2) is 53.4 Å². The van der Waals surface area contributed by atoms with E-state index < -0.39 is 15.9 Å². The zero-order valence-corrected chi connectivity index (χ0v) is 17.9. The normalized spacial score (nSPS) is 17.7. The molecule has 2 aromatic carbocycles. The second-order valence-corrected chi connectivity index (χ2v) is 9.76. The van der Waals surface area contributed by atoms with Crippen molar-refractivity contribution in [3.05, 3.63) is 65.2 Å². The first-order valence-electron chi connectivity index (χ1n) is 10.3. The minimum absolute atomic E-state index is 0.0249. The molecule has 0 aromatic heterocycles. The van der Waals surface area contributed by atoms with Crippen LogP contribution in [0.3, 0.4) is 0 Å². The summed E-state index contributed by atoms with van der Waals surface area (Å²) in [5.41, 5.74) is 2.40. The smallest absolute Gasteiger partial charge is 0.251 e. The van der Waals surface area contributed by atoms with Crippen LogP contribution in [0.1, 0.15) is 66.2 Å². The predicted octanol–water partition coefficient (Wildman–Crippen LogP) is 3.68. The number of nitrogens with one attached hydrogen (secondary N) is 2. The minimum atomic E-state index is -3.29. The highest BCUT2D eigenvalue weighted by atomic mass is 32.2. The Bertz CT molecular complexity index is 1000. The van der Waals surface area contributed by atoms with Crippen LogP contribution in [-0.4, -0.2) is 26.6 Å². The number of nitrogens with zero attached hydrogens (tertiary/aromatic N) is 1. The van der Waals surface area contributed by atoms with Crippen molar-refractivity contribution in [3.63, 3.8) is 0 Å². The first kappa shape index (κ1) is 22.0. The fraction of sp³-hybridized carbons (Fsp3) is 0.391. The number of sulfone groups is 1. The molecule has 3 rings (SSSR count). The van der Waals surface area contributed by atoms with Gasteiger partial charge in [0.2, 0.25) is 0 Å². The van der Waals surface area contributed by atoms with E-state index in [0.29, 0.717) is 17.2 Å². The van der Waals surface area contributed by atoms with Gasteiger partial charge in [-0.2, -0.15) is 5.26 Å². The first-order chi connectivity index (χ1) is 14.4. The zero-order valence-electron chi connectivity index (χ0n) is 17.1. The minimum Gasteiger partial charge on any atom is -0.344 e. The lowest BCUT2D eigenvalue weighted by atomic mass is 9.96. The van der Waals surface area contributed by atoms with Gasteiger partial charge in [0.05, 0.1) is 29.2 Å². The fourth-order valence-electron chi connectivity index (χ4n) is 3.66. The lowest BCUT2D eigenvalue weighted by Gasteiger charge is -2.24. The van der Waals surface area contributed by atoms with E-state index in [4.69, 9.17) is 0 Å². The van der Waals surface area contributed by atoms with Gasteiger partial charge in [0.1, 0.15) is 0 Å². The Morgan fingerprint density at radius 2 is 1.87 bits per heavy atom. The molecule has 158 valence electrons. The van der Waals surface area contributed by atoms with Gasteiger partial charge in [-0.3, -0.25) is 4.79 Å². The highest BCUT2D eigenvalue weighted by Crippen LogP contribution is 2.24. The number of nitriles is 1. The van der Waals surface area contributed by atoms with Crippen molar-refractivity contribution in [2.24, 2.45) is 0 Å². The summed E-state index contributed by atoms with van der Waals surface area (Å²) in [6.45, 7) is 2.61. The van der Waals surface area contributed by atoms with E-state index >= 15 is 0 Å². The molecule has 0 bridgehead atoms. The molecule has 2 atom stereocenters. The van der Waals surface area contributed by atoms with Crippen LogP contribution in [0, 0.1) is 11.3 Å². The fourth-order valence-corrected chi connectivity index (χ4v) is 4.55. The van der Waals surface area contributed by atoms with E-state index in [-0.39, 0.29) is 23.0 Å². The Morgan fingerprint density at radius 3 is 2.43 bits per heavy atom. The summed E-state index contributed by atoms with van der Waals surface area (Å²) in [7, 11) is -3.29. The van der Waals surface area contributed by atoms with Gasteiger partial charge < -0.3 is 10.6 Å². The third-order valence-corrected chi connectivity index (χ3v) is 7.26. The quantitative estimate of drug-likeness (QED) is 0.705. The maximum atomic E-state index is 12.7. The summed E-state index contributed by atoms with van der Waals surface area (Å²) in [5, 5.41) is 15.6. The van der Waals surface area contributed by atoms with Gasteiger partial charge in [-0.1, -0.05) is 37.6 Å². The summed E-state index contributed by atoms with van der Waals surface area (Å²) in [6.07, 6.45) is 3.59. The van der Waals surface area contributed by atoms with Gasteiger partial charge in [0, 0.05) is 11.6 Å². The topological polar surface area (TPSA) is 99.1 Å². The largest absolute Gasteiger partial charge is 0.344 e. The number of carbonyl (C=O) groups is 1. The van der Waals surface area contributed by atoms with Crippen molar-refractivity contribution >= 4 is 15.7 Å². The molecule has 7 heteroatoms. The lowest BCUT2D eigenvalue weighted by Crippen LogP contribution is -2.29. The van der Waals surface area contributed by atoms with Crippen LogP contribution >= 0.6 is 0 Å². The van der Waals surface area contributed by atoms with E-state index in [9.17, 15) is 18.5 Å². The predicted molar refractivity (Wildman–Crippen MR) is 116 cm³/mol. The summed E-state index contributed by atoms with van der Waals surface area (Å²) in [5.74, 6) is -0.236. The molecule has 6 nitrogen and oxygen atoms in total. The van der Waals surface area contributed by atoms with Crippen molar-refractivity contribution in [3.8, 4) is 6.07 Å². The molecule has 1 aliphatic rings. The zero-order chi connectivity index (χ0) is 21.6. The summed E-state index contributed by atoms with van der Waals surface area (Å²) < 4.78 is 24.0. The average molecular weight is 426 g/mol. The van der Waals surface area contributed by atoms with Crippen LogP contribution in [-0.2, 0) is 9.84 Å². The van der Waals surface area contributed by atoms with Crippen molar-refractivity contribution in [1.82, 2.24) is 10.6 Å². The van der Waals surface area contributed by atoms with Crippen LogP contribution in [0.25, 0.3) is 0 Å². The second kappa shape index (κ2) is 9.88. The first-order valence-corrected chi connectivity index (χ1v) is 11.9. The molecule has 30 heavy (non-hydrogen) atoms. The monoisotopic (exact) mass is 425 g/mol. The Balaban J connectivity index is 1.71. The van der Waals surface area contributed by atoms with Crippen LogP contribution in [0.5, 0.6) is 0 Å². The third kappa shape index (κ3) is 5.26. The highest BCUT2D eigenvalue weighted by molar-refractivity contribution is 7.91. The Kier molecular flexibility index (Phi) is 7.24. The molecule has 2 unspecified atom stereocenters. The van der Waals surface area contributed by atoms with E-state index in [1.54, 1.807) is 31.2 Å². The molecule has 0 saturated carbocycles. The molecule has 1 fully saturated rings. The molecule has 1 saturated heterocycles.